The average molecular weight is 616 g/mol. The quantitative estimate of drug-likeness (QED) is 0.235. The number of anilines is 3. The molecule has 2 nitrogen and oxygen atoms in total. The topological polar surface area (TPSA) is 12.5 Å². The molecule has 4 heteroatoms. The molecule has 7 aromatic carbocycles. The number of hydrogen-bond donors (Lipinski definition) is 0. The van der Waals surface area contributed by atoms with Crippen LogP contribution in [-0.4, -0.2) is 14.8 Å². The van der Waals surface area contributed by atoms with E-state index >= 15 is 0 Å². The number of aryl methyl sites for hydroxylation is 1. The highest BCUT2D eigenvalue weighted by Crippen LogP contribution is 2.42. The first kappa shape index (κ1) is 26.6. The summed E-state index contributed by atoms with van der Waals surface area (Å²) < 4.78 is 6.68. The van der Waals surface area contributed by atoms with Gasteiger partial charge in [0.25, 0.3) is 6.71 Å². The van der Waals surface area contributed by atoms with Crippen molar-refractivity contribution in [3.05, 3.63) is 169 Å². The van der Waals surface area contributed by atoms with Crippen molar-refractivity contribution < 1.29 is 4.74 Å². The second-order valence-electron chi connectivity index (χ2n) is 12.9. The molecule has 0 fully saturated rings. The highest BCUT2D eigenvalue weighted by Gasteiger charge is 2.51. The highest BCUT2D eigenvalue weighted by atomic mass is 28.3. The van der Waals surface area contributed by atoms with E-state index in [9.17, 15) is 0 Å². The van der Waals surface area contributed by atoms with E-state index in [4.69, 9.17) is 4.74 Å². The molecule has 0 aromatic heterocycles. The van der Waals surface area contributed by atoms with Gasteiger partial charge in [0.2, 0.25) is 0 Å². The van der Waals surface area contributed by atoms with E-state index in [2.05, 4.69) is 176 Å². The van der Waals surface area contributed by atoms with Crippen molar-refractivity contribution in [2.45, 2.75) is 6.92 Å². The van der Waals surface area contributed by atoms with Crippen molar-refractivity contribution in [2.75, 3.05) is 4.90 Å². The third kappa shape index (κ3) is 3.62. The molecule has 10 rings (SSSR count). The molecule has 0 aliphatic carbocycles. The lowest BCUT2D eigenvalue weighted by atomic mass is 9.34. The van der Waals surface area contributed by atoms with Gasteiger partial charge in [-0.2, -0.15) is 0 Å². The summed E-state index contributed by atoms with van der Waals surface area (Å²) in [5, 5.41) is 5.73. The number of hydrogen-bond acceptors (Lipinski definition) is 2. The fourth-order valence-electron chi connectivity index (χ4n) is 8.62. The van der Waals surface area contributed by atoms with Crippen LogP contribution in [0.4, 0.5) is 17.1 Å². The van der Waals surface area contributed by atoms with E-state index in [1.807, 2.05) is 0 Å². The van der Waals surface area contributed by atoms with Crippen LogP contribution in [0.15, 0.2) is 164 Å². The van der Waals surface area contributed by atoms with Crippen molar-refractivity contribution in [1.29, 1.82) is 0 Å². The Bertz CT molecular complexity index is 2320. The van der Waals surface area contributed by atoms with Crippen LogP contribution < -0.4 is 46.8 Å². The van der Waals surface area contributed by atoms with Gasteiger partial charge < -0.3 is 9.64 Å². The Morgan fingerprint density at radius 3 is 1.89 bits per heavy atom. The molecular formula is C43H30BNOSi. The summed E-state index contributed by atoms with van der Waals surface area (Å²) >= 11 is 0. The van der Waals surface area contributed by atoms with Crippen molar-refractivity contribution in [3.8, 4) is 22.6 Å². The molecular weight excluding hydrogens is 585 g/mol. The Morgan fingerprint density at radius 1 is 0.511 bits per heavy atom. The Hall–Kier alpha value is -5.58. The molecule has 0 unspecified atom stereocenters. The molecule has 0 atom stereocenters. The van der Waals surface area contributed by atoms with Crippen LogP contribution in [0.5, 0.6) is 11.5 Å². The third-order valence-corrected chi connectivity index (χ3v) is 15.3. The minimum Gasteiger partial charge on any atom is -0.458 e. The number of rotatable bonds is 3. The highest BCUT2D eigenvalue weighted by molar-refractivity contribution is 7.22. The minimum atomic E-state index is -2.67. The first-order chi connectivity index (χ1) is 23.2. The van der Waals surface area contributed by atoms with Gasteiger partial charge in [-0.05, 0) is 97.1 Å². The standard InChI is InChI=1S/C43H30BNOSi/c1-29-25-38-43-40(26-29)46-39-23-13-12-22-35(39)44(43)36-27-34-33-21-11-14-24-41(33)47(31-17-7-3-8-18-31,32-19-9-4-10-20-32)42(34)28-37(36)45(38)30-15-5-2-6-16-30/h2-28H,1H3. The van der Waals surface area contributed by atoms with Gasteiger partial charge in [-0.25, -0.2) is 0 Å². The Morgan fingerprint density at radius 2 is 1.15 bits per heavy atom. The zero-order chi connectivity index (χ0) is 31.1. The molecule has 0 N–H and O–H groups in total. The predicted octanol–water partition coefficient (Wildman–Crippen LogP) is 5.76. The normalized spacial score (nSPS) is 14.3. The summed E-state index contributed by atoms with van der Waals surface area (Å²) in [4.78, 5) is 2.49. The number of benzene rings is 7. The van der Waals surface area contributed by atoms with Crippen LogP contribution >= 0.6 is 0 Å². The van der Waals surface area contributed by atoms with Gasteiger partial charge in [0.1, 0.15) is 11.5 Å². The van der Waals surface area contributed by atoms with Gasteiger partial charge in [-0.3, -0.25) is 0 Å². The number of ether oxygens (including phenoxy) is 1. The largest absolute Gasteiger partial charge is 0.458 e. The van der Waals surface area contributed by atoms with Crippen LogP contribution in [0.3, 0.4) is 0 Å². The minimum absolute atomic E-state index is 0.0584. The molecule has 3 aliphatic heterocycles. The Kier molecular flexibility index (Phi) is 5.64. The fourth-order valence-corrected chi connectivity index (χ4v) is 13.8. The fraction of sp³-hybridized carbons (Fsp3) is 0.0233. The zero-order valence-corrected chi connectivity index (χ0v) is 27.0. The predicted molar refractivity (Wildman–Crippen MR) is 200 cm³/mol. The SMILES string of the molecule is Cc1cc2c3c(c1)N(c1ccccc1)c1cc4c(cc1B3c1ccccc1O2)-c1ccccc1[Si]4(c1ccccc1)c1ccccc1. The lowest BCUT2D eigenvalue weighted by molar-refractivity contribution is 0.487. The lowest BCUT2D eigenvalue weighted by Gasteiger charge is -2.41. The van der Waals surface area contributed by atoms with E-state index in [-0.39, 0.29) is 6.71 Å². The molecule has 220 valence electrons. The lowest BCUT2D eigenvalue weighted by Crippen LogP contribution is -2.73. The van der Waals surface area contributed by atoms with Crippen molar-refractivity contribution in [3.63, 3.8) is 0 Å². The molecule has 3 heterocycles. The Labute approximate surface area is 276 Å². The molecule has 47 heavy (non-hydrogen) atoms. The second-order valence-corrected chi connectivity index (χ2v) is 16.7. The zero-order valence-electron chi connectivity index (χ0n) is 26.0. The first-order valence-electron chi connectivity index (χ1n) is 16.4. The van der Waals surface area contributed by atoms with Crippen LogP contribution in [0.2, 0.25) is 0 Å². The summed E-state index contributed by atoms with van der Waals surface area (Å²) in [6.45, 7) is 2.24. The summed E-state index contributed by atoms with van der Waals surface area (Å²) in [6, 6.07) is 60.9. The van der Waals surface area contributed by atoms with Crippen LogP contribution in [-0.2, 0) is 0 Å². The summed E-state index contributed by atoms with van der Waals surface area (Å²) in [6.07, 6.45) is 0. The van der Waals surface area contributed by atoms with Gasteiger partial charge in [0.15, 0.2) is 8.07 Å². The molecule has 0 saturated carbocycles. The van der Waals surface area contributed by atoms with Crippen LogP contribution in [0.25, 0.3) is 11.1 Å². The molecule has 0 radical (unpaired) electrons. The molecule has 0 amide bonds. The summed E-state index contributed by atoms with van der Waals surface area (Å²) in [5.41, 5.74) is 11.3. The molecule has 3 aliphatic rings. The summed E-state index contributed by atoms with van der Waals surface area (Å²) in [5.74, 6) is 1.90. The van der Waals surface area contributed by atoms with Crippen molar-refractivity contribution in [1.82, 2.24) is 0 Å². The van der Waals surface area contributed by atoms with E-state index in [0.29, 0.717) is 0 Å². The van der Waals surface area contributed by atoms with Gasteiger partial charge in [-0.15, -0.1) is 0 Å². The van der Waals surface area contributed by atoms with Crippen molar-refractivity contribution >= 4 is 69.0 Å². The number of nitrogens with zero attached hydrogens (tertiary/aromatic N) is 1. The van der Waals surface area contributed by atoms with Gasteiger partial charge in [0, 0.05) is 17.1 Å². The maximum Gasteiger partial charge on any atom is 0.256 e. The molecule has 0 bridgehead atoms. The van der Waals surface area contributed by atoms with Crippen molar-refractivity contribution in [2.24, 2.45) is 0 Å². The van der Waals surface area contributed by atoms with E-state index in [1.54, 1.807) is 0 Å². The number of para-hydroxylation sites is 2. The molecule has 7 aromatic rings. The van der Waals surface area contributed by atoms with Gasteiger partial charge >= 0.3 is 0 Å². The first-order valence-corrected chi connectivity index (χ1v) is 18.4. The van der Waals surface area contributed by atoms with E-state index in [1.165, 1.54) is 65.2 Å². The smallest absolute Gasteiger partial charge is 0.256 e. The monoisotopic (exact) mass is 615 g/mol. The van der Waals surface area contributed by atoms with E-state index < -0.39 is 8.07 Å². The molecule has 0 saturated heterocycles. The van der Waals surface area contributed by atoms with Crippen LogP contribution in [0.1, 0.15) is 5.56 Å². The van der Waals surface area contributed by atoms with Gasteiger partial charge in [0.05, 0.1) is 0 Å². The maximum absolute atomic E-state index is 6.68. The number of fused-ring (bicyclic) bond motifs is 7. The Balaban J connectivity index is 1.37. The van der Waals surface area contributed by atoms with E-state index in [0.717, 1.165) is 17.2 Å². The third-order valence-electron chi connectivity index (χ3n) is 10.4. The van der Waals surface area contributed by atoms with Gasteiger partial charge in [-0.1, -0.05) is 127 Å². The summed E-state index contributed by atoms with van der Waals surface area (Å²) in [7, 11) is -2.67. The molecule has 0 spiro atoms. The average Bonchev–Trinajstić information content (AvgIpc) is 3.41. The second kappa shape index (κ2) is 9.96. The maximum atomic E-state index is 6.68. The van der Waals surface area contributed by atoms with Crippen LogP contribution in [0, 0.1) is 6.92 Å².